The minimum absolute atomic E-state index is 0.117. The highest BCUT2D eigenvalue weighted by Gasteiger charge is 2.41. The van der Waals surface area contributed by atoms with Crippen LogP contribution in [0.4, 0.5) is 0 Å². The lowest BCUT2D eigenvalue weighted by molar-refractivity contribution is -0.124. The molecule has 0 amide bonds. The summed E-state index contributed by atoms with van der Waals surface area (Å²) in [6.07, 6.45) is 3.59. The molecule has 2 saturated heterocycles. The summed E-state index contributed by atoms with van der Waals surface area (Å²) < 4.78 is 11.9. The average Bonchev–Trinajstić information content (AvgIpc) is 2.63. The van der Waals surface area contributed by atoms with Crippen LogP contribution in [0.2, 0.25) is 0 Å². The fourth-order valence-electron chi connectivity index (χ4n) is 2.32. The zero-order valence-electron chi connectivity index (χ0n) is 10.3. The van der Waals surface area contributed by atoms with Crippen molar-refractivity contribution in [2.24, 2.45) is 5.73 Å². The van der Waals surface area contributed by atoms with Crippen molar-refractivity contribution in [1.82, 2.24) is 0 Å². The number of rotatable bonds is 3. The minimum atomic E-state index is -0.226. The lowest BCUT2D eigenvalue weighted by Gasteiger charge is -2.38. The first-order chi connectivity index (χ1) is 7.49. The molecule has 2 aliphatic heterocycles. The second-order valence-corrected chi connectivity index (χ2v) is 6.85. The quantitative estimate of drug-likeness (QED) is 0.823. The molecule has 2 unspecified atom stereocenters. The smallest absolute Gasteiger partial charge is 0.0805 e. The van der Waals surface area contributed by atoms with Gasteiger partial charge in [0.1, 0.15) is 0 Å². The molecule has 2 rings (SSSR count). The molecule has 3 nitrogen and oxygen atoms in total. The highest BCUT2D eigenvalue weighted by Crippen LogP contribution is 2.39. The molecule has 2 aliphatic rings. The summed E-state index contributed by atoms with van der Waals surface area (Å²) in [5.41, 5.74) is 5.83. The van der Waals surface area contributed by atoms with Crippen molar-refractivity contribution in [2.75, 3.05) is 24.7 Å². The van der Waals surface area contributed by atoms with E-state index < -0.39 is 0 Å². The third kappa shape index (κ3) is 3.36. The van der Waals surface area contributed by atoms with Crippen LogP contribution in [0.5, 0.6) is 0 Å². The molecule has 2 atom stereocenters. The van der Waals surface area contributed by atoms with E-state index in [4.69, 9.17) is 15.2 Å². The number of hydrogen-bond donors (Lipinski definition) is 1. The van der Waals surface area contributed by atoms with E-state index in [1.807, 2.05) is 25.6 Å². The van der Waals surface area contributed by atoms with Crippen LogP contribution in [0.25, 0.3) is 0 Å². The van der Waals surface area contributed by atoms with Gasteiger partial charge in [0.15, 0.2) is 0 Å². The molecule has 0 aromatic heterocycles. The van der Waals surface area contributed by atoms with Crippen molar-refractivity contribution in [2.45, 2.75) is 50.4 Å². The Bertz CT molecular complexity index is 234. The molecule has 0 aliphatic carbocycles. The van der Waals surface area contributed by atoms with Gasteiger partial charge in [-0.1, -0.05) is 0 Å². The summed E-state index contributed by atoms with van der Waals surface area (Å²) in [7, 11) is 0. The van der Waals surface area contributed by atoms with E-state index in [1.165, 1.54) is 12.2 Å². The van der Waals surface area contributed by atoms with Crippen LogP contribution >= 0.6 is 11.8 Å². The van der Waals surface area contributed by atoms with Gasteiger partial charge < -0.3 is 15.2 Å². The lowest BCUT2D eigenvalue weighted by atomic mass is 9.91. The molecule has 4 heteroatoms. The first-order valence-electron chi connectivity index (χ1n) is 6.11. The maximum absolute atomic E-state index is 5.96. The van der Waals surface area contributed by atoms with E-state index in [-0.39, 0.29) is 11.1 Å². The summed E-state index contributed by atoms with van der Waals surface area (Å²) in [5.74, 6) is 2.37. The van der Waals surface area contributed by atoms with Gasteiger partial charge in [0.2, 0.25) is 0 Å². The summed E-state index contributed by atoms with van der Waals surface area (Å²) >= 11 is 2.00. The van der Waals surface area contributed by atoms with Gasteiger partial charge in [-0.3, -0.25) is 0 Å². The maximum Gasteiger partial charge on any atom is 0.0805 e. The molecule has 0 aromatic rings. The fourth-order valence-corrected chi connectivity index (χ4v) is 3.70. The number of thioether (sulfide) groups is 1. The molecule has 2 heterocycles. The van der Waals surface area contributed by atoms with E-state index in [1.54, 1.807) is 0 Å². The minimum Gasteiger partial charge on any atom is -0.376 e. The Labute approximate surface area is 102 Å². The standard InChI is InChI=1S/C12H23NO2S/c1-11(2,13)8-14-10-3-5-15-12(7-10)4-6-16-9-12/h10H,3-9,13H2,1-2H3. The first-order valence-corrected chi connectivity index (χ1v) is 7.27. The van der Waals surface area contributed by atoms with Gasteiger partial charge in [0.05, 0.1) is 18.3 Å². The Morgan fingerprint density at radius 1 is 1.56 bits per heavy atom. The zero-order chi connectivity index (χ0) is 11.6. The van der Waals surface area contributed by atoms with Gasteiger partial charge in [-0.25, -0.2) is 0 Å². The van der Waals surface area contributed by atoms with Gasteiger partial charge in [-0.2, -0.15) is 11.8 Å². The predicted molar refractivity (Wildman–Crippen MR) is 67.9 cm³/mol. The Kier molecular flexibility index (Phi) is 3.84. The van der Waals surface area contributed by atoms with Crippen LogP contribution < -0.4 is 5.73 Å². The second-order valence-electron chi connectivity index (χ2n) is 5.75. The van der Waals surface area contributed by atoms with Crippen LogP contribution in [0.15, 0.2) is 0 Å². The molecule has 0 bridgehead atoms. The maximum atomic E-state index is 5.96. The molecule has 94 valence electrons. The third-order valence-electron chi connectivity index (χ3n) is 3.21. The normalized spacial score (nSPS) is 35.8. The van der Waals surface area contributed by atoms with Gasteiger partial charge in [-0.15, -0.1) is 0 Å². The third-order valence-corrected chi connectivity index (χ3v) is 4.43. The second kappa shape index (κ2) is 4.84. The van der Waals surface area contributed by atoms with Crippen molar-refractivity contribution in [1.29, 1.82) is 0 Å². The van der Waals surface area contributed by atoms with Crippen LogP contribution in [0, 0.1) is 0 Å². The fraction of sp³-hybridized carbons (Fsp3) is 1.00. The Morgan fingerprint density at radius 2 is 2.38 bits per heavy atom. The van der Waals surface area contributed by atoms with E-state index in [0.29, 0.717) is 12.7 Å². The van der Waals surface area contributed by atoms with Crippen molar-refractivity contribution in [3.63, 3.8) is 0 Å². The number of hydrogen-bond acceptors (Lipinski definition) is 4. The van der Waals surface area contributed by atoms with Gasteiger partial charge in [0, 0.05) is 24.3 Å². The van der Waals surface area contributed by atoms with Crippen LogP contribution in [-0.2, 0) is 9.47 Å². The highest BCUT2D eigenvalue weighted by atomic mass is 32.2. The summed E-state index contributed by atoms with van der Waals surface area (Å²) in [5, 5.41) is 0. The van der Waals surface area contributed by atoms with Crippen LogP contribution in [0.1, 0.15) is 33.1 Å². The van der Waals surface area contributed by atoms with Crippen molar-refractivity contribution in [3.05, 3.63) is 0 Å². The Hall–Kier alpha value is 0.230. The van der Waals surface area contributed by atoms with Crippen molar-refractivity contribution >= 4 is 11.8 Å². The van der Waals surface area contributed by atoms with Gasteiger partial charge >= 0.3 is 0 Å². The van der Waals surface area contributed by atoms with Gasteiger partial charge in [-0.05, 0) is 32.4 Å². The Balaban J connectivity index is 1.82. The van der Waals surface area contributed by atoms with Crippen LogP contribution in [-0.4, -0.2) is 42.0 Å². The van der Waals surface area contributed by atoms with E-state index in [2.05, 4.69) is 0 Å². The molecular formula is C12H23NO2S. The molecule has 0 radical (unpaired) electrons. The molecule has 0 aromatic carbocycles. The predicted octanol–water partition coefficient (Wildman–Crippen LogP) is 1.79. The molecule has 0 saturated carbocycles. The van der Waals surface area contributed by atoms with Crippen molar-refractivity contribution < 1.29 is 9.47 Å². The topological polar surface area (TPSA) is 44.5 Å². The average molecular weight is 245 g/mol. The highest BCUT2D eigenvalue weighted by molar-refractivity contribution is 7.99. The van der Waals surface area contributed by atoms with E-state index in [9.17, 15) is 0 Å². The first kappa shape index (κ1) is 12.7. The van der Waals surface area contributed by atoms with E-state index in [0.717, 1.165) is 25.2 Å². The van der Waals surface area contributed by atoms with Crippen molar-refractivity contribution in [3.8, 4) is 0 Å². The SMILES string of the molecule is CC(C)(N)COC1CCOC2(CCSC2)C1. The summed E-state index contributed by atoms with van der Waals surface area (Å²) in [6, 6.07) is 0. The lowest BCUT2D eigenvalue weighted by Crippen LogP contribution is -2.45. The summed E-state index contributed by atoms with van der Waals surface area (Å²) in [4.78, 5) is 0. The Morgan fingerprint density at radius 3 is 3.00 bits per heavy atom. The van der Waals surface area contributed by atoms with Gasteiger partial charge in [0.25, 0.3) is 0 Å². The molecule has 2 N–H and O–H groups in total. The largest absolute Gasteiger partial charge is 0.376 e. The zero-order valence-corrected chi connectivity index (χ0v) is 11.1. The monoisotopic (exact) mass is 245 g/mol. The number of ether oxygens (including phenoxy) is 2. The molecule has 2 fully saturated rings. The number of nitrogens with two attached hydrogens (primary N) is 1. The summed E-state index contributed by atoms with van der Waals surface area (Å²) in [6.45, 7) is 5.50. The molecular weight excluding hydrogens is 222 g/mol. The van der Waals surface area contributed by atoms with Crippen LogP contribution in [0.3, 0.4) is 0 Å². The molecule has 1 spiro atoms. The molecule has 16 heavy (non-hydrogen) atoms. The van der Waals surface area contributed by atoms with E-state index >= 15 is 0 Å².